The Morgan fingerprint density at radius 3 is 2.55 bits per heavy atom. The zero-order valence-corrected chi connectivity index (χ0v) is 18.4. The molecule has 0 aliphatic carbocycles. The van der Waals surface area contributed by atoms with Crippen molar-refractivity contribution in [3.8, 4) is 0 Å². The lowest BCUT2D eigenvalue weighted by molar-refractivity contribution is -0.394. The van der Waals surface area contributed by atoms with E-state index in [2.05, 4.69) is 20.2 Å². The monoisotopic (exact) mass is 471 g/mol. The summed E-state index contributed by atoms with van der Waals surface area (Å²) in [6.45, 7) is 4.26. The number of halogens is 1. The quantitative estimate of drug-likeness (QED) is 0.296. The molecule has 0 radical (unpaired) electrons. The van der Waals surface area contributed by atoms with E-state index in [9.17, 15) is 20.2 Å². The summed E-state index contributed by atoms with van der Waals surface area (Å²) in [6, 6.07) is 8.56. The molecule has 0 unspecified atom stereocenters. The molecule has 33 heavy (non-hydrogen) atoms. The van der Waals surface area contributed by atoms with E-state index >= 15 is 0 Å². The molecule has 1 aromatic carbocycles. The van der Waals surface area contributed by atoms with Gasteiger partial charge in [-0.2, -0.15) is 0 Å². The number of nitro groups is 2. The Bertz CT molecular complexity index is 1180. The number of nitrogens with zero attached hydrogens (tertiary/aromatic N) is 6. The summed E-state index contributed by atoms with van der Waals surface area (Å²) in [4.78, 5) is 33.4. The highest BCUT2D eigenvalue weighted by Crippen LogP contribution is 2.30. The topological polar surface area (TPSA) is 131 Å². The summed E-state index contributed by atoms with van der Waals surface area (Å²) in [7, 11) is 0. The van der Waals surface area contributed by atoms with Crippen LogP contribution in [0.5, 0.6) is 0 Å². The molecular formula is C21H22ClN7O4. The summed E-state index contributed by atoms with van der Waals surface area (Å²) in [5, 5.41) is 27.4. The molecule has 0 atom stereocenters. The zero-order valence-electron chi connectivity index (χ0n) is 17.7. The van der Waals surface area contributed by atoms with Crippen molar-refractivity contribution in [3.05, 3.63) is 68.0 Å². The van der Waals surface area contributed by atoms with Gasteiger partial charge in [0.1, 0.15) is 6.20 Å². The van der Waals surface area contributed by atoms with Gasteiger partial charge in [0.2, 0.25) is 5.82 Å². The van der Waals surface area contributed by atoms with E-state index in [0.29, 0.717) is 18.1 Å². The normalized spacial score (nSPS) is 14.4. The van der Waals surface area contributed by atoms with Gasteiger partial charge in [-0.05, 0) is 37.2 Å². The van der Waals surface area contributed by atoms with Crippen LogP contribution in [0.4, 0.5) is 22.9 Å². The molecule has 1 N–H and O–H groups in total. The molecule has 172 valence electrons. The average Bonchev–Trinajstić information content (AvgIpc) is 2.81. The Kier molecular flexibility index (Phi) is 6.80. The number of nitrogens with one attached hydrogen (secondary N) is 1. The number of piperazine rings is 1. The molecule has 11 nitrogen and oxygen atoms in total. The van der Waals surface area contributed by atoms with Gasteiger partial charge in [0.25, 0.3) is 5.69 Å². The fourth-order valence-electron chi connectivity index (χ4n) is 3.90. The zero-order chi connectivity index (χ0) is 23.4. The molecule has 3 aromatic rings. The van der Waals surface area contributed by atoms with Crippen LogP contribution in [0.3, 0.4) is 0 Å². The summed E-state index contributed by atoms with van der Waals surface area (Å²) < 4.78 is 0. The number of hydrogen-bond donors (Lipinski definition) is 1. The molecule has 1 aliphatic heterocycles. The Hall–Kier alpha value is -3.57. The first-order valence-corrected chi connectivity index (χ1v) is 10.8. The number of fused-ring (bicyclic) bond motifs is 1. The van der Waals surface area contributed by atoms with Gasteiger partial charge < -0.3 is 10.2 Å². The van der Waals surface area contributed by atoms with Gasteiger partial charge in [-0.25, -0.2) is 4.98 Å². The second-order valence-electron chi connectivity index (χ2n) is 7.68. The predicted molar refractivity (Wildman–Crippen MR) is 126 cm³/mol. The summed E-state index contributed by atoms with van der Waals surface area (Å²) in [5.41, 5.74) is 1.13. The lowest BCUT2D eigenvalue weighted by Gasteiger charge is -2.35. The van der Waals surface area contributed by atoms with Gasteiger partial charge in [-0.1, -0.05) is 11.6 Å². The number of aromatic nitrogens is 2. The van der Waals surface area contributed by atoms with Crippen LogP contribution in [-0.2, 0) is 0 Å². The Labute approximate surface area is 194 Å². The van der Waals surface area contributed by atoms with Crippen LogP contribution in [0.2, 0.25) is 5.02 Å². The smallest absolute Gasteiger partial charge is 0.318 e. The second kappa shape index (κ2) is 9.92. The highest BCUT2D eigenvalue weighted by molar-refractivity contribution is 6.31. The minimum atomic E-state index is -0.681. The Morgan fingerprint density at radius 1 is 1.03 bits per heavy atom. The first-order valence-electron chi connectivity index (χ1n) is 10.5. The maximum Gasteiger partial charge on any atom is 0.318 e. The third-order valence-electron chi connectivity index (χ3n) is 5.58. The van der Waals surface area contributed by atoms with E-state index in [4.69, 9.17) is 11.6 Å². The van der Waals surface area contributed by atoms with Crippen molar-refractivity contribution < 1.29 is 9.85 Å². The third kappa shape index (κ3) is 5.26. The molecule has 0 bridgehead atoms. The number of anilines is 2. The van der Waals surface area contributed by atoms with Crippen molar-refractivity contribution in [1.82, 2.24) is 14.9 Å². The SMILES string of the molecule is O=[N+]([O-])c1cnc(N2CCN(CCCNc3ccnc4cc(Cl)ccc34)CC2)c([N+](=O)[O-])c1. The van der Waals surface area contributed by atoms with E-state index in [1.165, 1.54) is 0 Å². The molecule has 4 rings (SSSR count). The second-order valence-corrected chi connectivity index (χ2v) is 8.12. The lowest BCUT2D eigenvalue weighted by atomic mass is 10.2. The molecule has 12 heteroatoms. The maximum absolute atomic E-state index is 11.4. The molecule has 0 spiro atoms. The molecule has 0 saturated carbocycles. The summed E-state index contributed by atoms with van der Waals surface area (Å²) in [6.07, 6.45) is 3.75. The van der Waals surface area contributed by atoms with Gasteiger partial charge in [-0.3, -0.25) is 30.1 Å². The van der Waals surface area contributed by atoms with Crippen LogP contribution in [-0.4, -0.2) is 64.0 Å². The number of benzene rings is 1. The Morgan fingerprint density at radius 2 is 1.82 bits per heavy atom. The summed E-state index contributed by atoms with van der Waals surface area (Å²) in [5.74, 6) is 0.177. The van der Waals surface area contributed by atoms with E-state index in [-0.39, 0.29) is 17.2 Å². The van der Waals surface area contributed by atoms with Crippen LogP contribution < -0.4 is 10.2 Å². The highest BCUT2D eigenvalue weighted by atomic mass is 35.5. The molecule has 1 fully saturated rings. The molecule has 2 aromatic heterocycles. The first-order chi connectivity index (χ1) is 15.9. The molecule has 1 aliphatic rings. The fraction of sp³-hybridized carbons (Fsp3) is 0.333. The fourth-order valence-corrected chi connectivity index (χ4v) is 4.06. The van der Waals surface area contributed by atoms with E-state index in [1.807, 2.05) is 29.2 Å². The highest BCUT2D eigenvalue weighted by Gasteiger charge is 2.27. The number of rotatable bonds is 8. The minimum absolute atomic E-state index is 0.177. The van der Waals surface area contributed by atoms with Crippen molar-refractivity contribution in [2.75, 3.05) is 49.5 Å². The molecule has 1 saturated heterocycles. The van der Waals surface area contributed by atoms with Crippen LogP contribution >= 0.6 is 11.6 Å². The first kappa shape index (κ1) is 22.6. The largest absolute Gasteiger partial charge is 0.384 e. The van der Waals surface area contributed by atoms with Crippen molar-refractivity contribution in [2.45, 2.75) is 6.42 Å². The average molecular weight is 472 g/mol. The van der Waals surface area contributed by atoms with E-state index in [0.717, 1.165) is 61.5 Å². The Balaban J connectivity index is 1.28. The van der Waals surface area contributed by atoms with Crippen LogP contribution in [0.25, 0.3) is 10.9 Å². The lowest BCUT2D eigenvalue weighted by Crippen LogP contribution is -2.47. The summed E-state index contributed by atoms with van der Waals surface area (Å²) >= 11 is 6.04. The van der Waals surface area contributed by atoms with Crippen molar-refractivity contribution in [1.29, 1.82) is 0 Å². The van der Waals surface area contributed by atoms with Crippen molar-refractivity contribution in [3.63, 3.8) is 0 Å². The van der Waals surface area contributed by atoms with Crippen molar-refractivity contribution in [2.24, 2.45) is 0 Å². The van der Waals surface area contributed by atoms with Crippen LogP contribution in [0.15, 0.2) is 42.7 Å². The van der Waals surface area contributed by atoms with Crippen LogP contribution in [0, 0.1) is 20.2 Å². The van der Waals surface area contributed by atoms with Gasteiger partial charge >= 0.3 is 5.69 Å². The maximum atomic E-state index is 11.4. The third-order valence-corrected chi connectivity index (χ3v) is 5.82. The van der Waals surface area contributed by atoms with Gasteiger partial charge in [0, 0.05) is 55.0 Å². The number of pyridine rings is 2. The van der Waals surface area contributed by atoms with Crippen molar-refractivity contribution >= 4 is 45.4 Å². The minimum Gasteiger partial charge on any atom is -0.384 e. The molecule has 0 amide bonds. The van der Waals surface area contributed by atoms with Gasteiger partial charge in [0.05, 0.1) is 21.4 Å². The van der Waals surface area contributed by atoms with Gasteiger partial charge in [-0.15, -0.1) is 0 Å². The van der Waals surface area contributed by atoms with Gasteiger partial charge in [0.15, 0.2) is 0 Å². The molecule has 3 heterocycles. The van der Waals surface area contributed by atoms with E-state index in [1.54, 1.807) is 6.20 Å². The standard InChI is InChI=1S/C21H22ClN7O4/c22-15-2-3-17-18(4-6-24-19(17)12-15)23-5-1-7-26-8-10-27(11-9-26)21-20(29(32)33)13-16(14-25-21)28(30)31/h2-4,6,12-14H,1,5,7-11H2,(H,23,24). The number of hydrogen-bond acceptors (Lipinski definition) is 9. The molecular weight excluding hydrogens is 450 g/mol. The van der Waals surface area contributed by atoms with E-state index < -0.39 is 9.85 Å². The van der Waals surface area contributed by atoms with Crippen LogP contribution in [0.1, 0.15) is 6.42 Å². The predicted octanol–water partition coefficient (Wildman–Crippen LogP) is 3.72.